The number of carbonyl (C=O) groups excluding carboxylic acids is 2. The number of nitrogens with one attached hydrogen (secondary N) is 1. The van der Waals surface area contributed by atoms with Gasteiger partial charge in [0.25, 0.3) is 11.8 Å². The Hall–Kier alpha value is -2.17. The second-order valence-electron chi connectivity index (χ2n) is 7.32. The highest BCUT2D eigenvalue weighted by Gasteiger charge is 2.34. The van der Waals surface area contributed by atoms with E-state index in [1.807, 2.05) is 33.8 Å². The lowest BCUT2D eigenvalue weighted by atomic mass is 10.1. The summed E-state index contributed by atoms with van der Waals surface area (Å²) in [7, 11) is 0. The van der Waals surface area contributed by atoms with Crippen LogP contribution in [0.3, 0.4) is 0 Å². The van der Waals surface area contributed by atoms with E-state index in [0.29, 0.717) is 34.4 Å². The van der Waals surface area contributed by atoms with Crippen LogP contribution in [0.25, 0.3) is 6.08 Å². The summed E-state index contributed by atoms with van der Waals surface area (Å²) >= 11 is 13.6. The molecule has 6 nitrogen and oxygen atoms in total. The molecule has 0 spiro atoms. The number of hydrogen-bond donors (Lipinski definition) is 1. The summed E-state index contributed by atoms with van der Waals surface area (Å²) in [5, 5.41) is 3.08. The lowest BCUT2D eigenvalue weighted by Crippen LogP contribution is -2.54. The van der Waals surface area contributed by atoms with Gasteiger partial charge in [-0.05, 0) is 104 Å². The van der Waals surface area contributed by atoms with Crippen LogP contribution < -0.4 is 19.7 Å². The molecule has 1 fully saturated rings. The average molecular weight is 585 g/mol. The molecule has 3 rings (SSSR count). The number of anilines is 1. The van der Waals surface area contributed by atoms with Gasteiger partial charge in [0, 0.05) is 5.02 Å². The van der Waals surface area contributed by atoms with E-state index < -0.39 is 11.8 Å². The molecule has 168 valence electrons. The monoisotopic (exact) mass is 584 g/mol. The van der Waals surface area contributed by atoms with Gasteiger partial charge in [-0.25, -0.2) is 0 Å². The normalized spacial score (nSPS) is 15.4. The maximum absolute atomic E-state index is 13.3. The molecule has 0 saturated carbocycles. The molecule has 0 unspecified atom stereocenters. The lowest BCUT2D eigenvalue weighted by Gasteiger charge is -2.29. The third kappa shape index (κ3) is 5.24. The highest BCUT2D eigenvalue weighted by molar-refractivity contribution is 14.1. The third-order valence-corrected chi connectivity index (χ3v) is 6.00. The van der Waals surface area contributed by atoms with E-state index in [1.54, 1.807) is 24.3 Å². The highest BCUT2D eigenvalue weighted by atomic mass is 127. The zero-order valence-corrected chi connectivity index (χ0v) is 21.7. The zero-order valence-electron chi connectivity index (χ0n) is 18.0. The van der Waals surface area contributed by atoms with E-state index in [1.165, 1.54) is 11.0 Å². The van der Waals surface area contributed by atoms with E-state index in [9.17, 15) is 9.59 Å². The second-order valence-corrected chi connectivity index (χ2v) is 9.28. The molecule has 0 bridgehead atoms. The van der Waals surface area contributed by atoms with Crippen LogP contribution in [0.1, 0.15) is 31.9 Å². The van der Waals surface area contributed by atoms with Crippen LogP contribution in [0.2, 0.25) is 5.02 Å². The summed E-state index contributed by atoms with van der Waals surface area (Å²) < 4.78 is 12.4. The maximum atomic E-state index is 13.3. The Kier molecular flexibility index (Phi) is 7.79. The van der Waals surface area contributed by atoms with Gasteiger partial charge in [-0.2, -0.15) is 0 Å². The largest absolute Gasteiger partial charge is 0.490 e. The fourth-order valence-corrected chi connectivity index (χ4v) is 4.27. The van der Waals surface area contributed by atoms with Crippen LogP contribution >= 0.6 is 46.4 Å². The van der Waals surface area contributed by atoms with Crippen LogP contribution in [-0.4, -0.2) is 29.6 Å². The Morgan fingerprint density at radius 1 is 1.25 bits per heavy atom. The van der Waals surface area contributed by atoms with Crippen LogP contribution in [0, 0.1) is 10.5 Å². The standard InChI is InChI=1S/C23H22ClIN2O4S/c1-5-30-19-10-14(9-18(25)20(19)31-12(2)3)8-16-21(28)26-23(32)27(22(16)29)15-7-6-13(4)17(24)11-15/h6-12H,5H2,1-4H3,(H,26,28,32)/b16-8+. The number of thiocarbonyl (C=S) groups is 1. The molecule has 32 heavy (non-hydrogen) atoms. The first-order valence-electron chi connectivity index (χ1n) is 9.93. The van der Waals surface area contributed by atoms with E-state index in [0.717, 1.165) is 9.13 Å². The van der Waals surface area contributed by atoms with Gasteiger partial charge in [-0.15, -0.1) is 0 Å². The SMILES string of the molecule is CCOc1cc(/C=C2\C(=O)NC(=S)N(c3ccc(C)c(Cl)c3)C2=O)cc(I)c1OC(C)C. The minimum absolute atomic E-state index is 0.00216. The Labute approximate surface area is 211 Å². The van der Waals surface area contributed by atoms with Crippen LogP contribution in [0.15, 0.2) is 35.9 Å². The molecule has 1 heterocycles. The fraction of sp³-hybridized carbons (Fsp3) is 0.261. The molecule has 0 radical (unpaired) electrons. The second kappa shape index (κ2) is 10.2. The number of nitrogens with zero attached hydrogens (tertiary/aromatic N) is 1. The van der Waals surface area contributed by atoms with Crippen molar-refractivity contribution in [3.05, 3.63) is 55.6 Å². The predicted molar refractivity (Wildman–Crippen MR) is 138 cm³/mol. The number of ether oxygens (including phenoxy) is 2. The third-order valence-electron chi connectivity index (χ3n) is 4.51. The summed E-state index contributed by atoms with van der Waals surface area (Å²) in [6.07, 6.45) is 1.49. The van der Waals surface area contributed by atoms with Crippen molar-refractivity contribution in [1.29, 1.82) is 0 Å². The van der Waals surface area contributed by atoms with Crippen LogP contribution in [0.4, 0.5) is 5.69 Å². The molecular formula is C23H22ClIN2O4S. The minimum atomic E-state index is -0.565. The topological polar surface area (TPSA) is 67.9 Å². The number of carbonyl (C=O) groups is 2. The molecule has 1 aliphatic heterocycles. The first kappa shape index (κ1) is 24.5. The molecule has 2 amide bonds. The number of benzene rings is 2. The van der Waals surface area contributed by atoms with Crippen molar-refractivity contribution in [3.8, 4) is 11.5 Å². The van der Waals surface area contributed by atoms with Gasteiger partial charge in [0.15, 0.2) is 16.6 Å². The van der Waals surface area contributed by atoms with Crippen LogP contribution in [0.5, 0.6) is 11.5 Å². The highest BCUT2D eigenvalue weighted by Crippen LogP contribution is 2.36. The molecular weight excluding hydrogens is 563 g/mol. The van der Waals surface area contributed by atoms with Crippen molar-refractivity contribution < 1.29 is 19.1 Å². The quantitative estimate of drug-likeness (QED) is 0.217. The van der Waals surface area contributed by atoms with Crippen molar-refractivity contribution in [2.24, 2.45) is 0 Å². The van der Waals surface area contributed by atoms with Crippen molar-refractivity contribution in [2.75, 3.05) is 11.5 Å². The Morgan fingerprint density at radius 2 is 1.97 bits per heavy atom. The molecule has 1 saturated heterocycles. The smallest absolute Gasteiger partial charge is 0.270 e. The van der Waals surface area contributed by atoms with Crippen LogP contribution in [-0.2, 0) is 9.59 Å². The van der Waals surface area contributed by atoms with Gasteiger partial charge < -0.3 is 9.47 Å². The predicted octanol–water partition coefficient (Wildman–Crippen LogP) is 5.27. The number of amides is 2. The number of halogens is 2. The van der Waals surface area contributed by atoms with E-state index in [-0.39, 0.29) is 16.8 Å². The average Bonchev–Trinajstić information content (AvgIpc) is 2.70. The van der Waals surface area contributed by atoms with Gasteiger partial charge >= 0.3 is 0 Å². The Balaban J connectivity index is 2.04. The molecule has 0 atom stereocenters. The van der Waals surface area contributed by atoms with Gasteiger partial charge in [0.1, 0.15) is 5.57 Å². The van der Waals surface area contributed by atoms with Gasteiger partial charge in [-0.3, -0.25) is 19.8 Å². The van der Waals surface area contributed by atoms with Gasteiger partial charge in [0.05, 0.1) is 22.0 Å². The molecule has 0 aliphatic carbocycles. The summed E-state index contributed by atoms with van der Waals surface area (Å²) in [5.74, 6) is 0.0708. The summed E-state index contributed by atoms with van der Waals surface area (Å²) in [6.45, 7) is 8.05. The summed E-state index contributed by atoms with van der Waals surface area (Å²) in [4.78, 5) is 27.2. The zero-order chi connectivity index (χ0) is 23.6. The van der Waals surface area contributed by atoms with E-state index in [4.69, 9.17) is 33.3 Å². The Bertz CT molecular complexity index is 1130. The van der Waals surface area contributed by atoms with Crippen molar-refractivity contribution >= 4 is 75.1 Å². The lowest BCUT2D eigenvalue weighted by molar-refractivity contribution is -0.122. The van der Waals surface area contributed by atoms with Crippen molar-refractivity contribution in [3.63, 3.8) is 0 Å². The Morgan fingerprint density at radius 3 is 2.59 bits per heavy atom. The van der Waals surface area contributed by atoms with Gasteiger partial charge in [-0.1, -0.05) is 17.7 Å². The number of hydrogen-bond acceptors (Lipinski definition) is 5. The van der Waals surface area contributed by atoms with E-state index in [2.05, 4.69) is 27.9 Å². The molecule has 1 N–H and O–H groups in total. The summed E-state index contributed by atoms with van der Waals surface area (Å²) in [6, 6.07) is 8.74. The first-order valence-corrected chi connectivity index (χ1v) is 11.8. The number of aryl methyl sites for hydroxylation is 1. The molecule has 9 heteroatoms. The summed E-state index contributed by atoms with van der Waals surface area (Å²) in [5.41, 5.74) is 1.92. The van der Waals surface area contributed by atoms with E-state index >= 15 is 0 Å². The fourth-order valence-electron chi connectivity index (χ4n) is 3.06. The molecule has 2 aromatic rings. The maximum Gasteiger partial charge on any atom is 0.270 e. The van der Waals surface area contributed by atoms with Crippen molar-refractivity contribution in [1.82, 2.24) is 5.32 Å². The van der Waals surface area contributed by atoms with Gasteiger partial charge in [0.2, 0.25) is 0 Å². The molecule has 2 aromatic carbocycles. The minimum Gasteiger partial charge on any atom is -0.490 e. The molecule has 0 aromatic heterocycles. The first-order chi connectivity index (χ1) is 15.1. The number of rotatable bonds is 6. The molecule has 1 aliphatic rings. The van der Waals surface area contributed by atoms with Crippen molar-refractivity contribution in [2.45, 2.75) is 33.8 Å².